The van der Waals surface area contributed by atoms with Crippen LogP contribution in [0.25, 0.3) is 0 Å². The Kier molecular flexibility index (Phi) is 4.94. The normalized spacial score (nSPS) is 19.4. The van der Waals surface area contributed by atoms with E-state index in [4.69, 9.17) is 4.74 Å². The van der Waals surface area contributed by atoms with Gasteiger partial charge in [0.15, 0.2) is 6.10 Å². The molecule has 2 heterocycles. The molecule has 1 atom stereocenters. The number of nitrogens with zero attached hydrogens (tertiary/aromatic N) is 2. The van der Waals surface area contributed by atoms with E-state index in [9.17, 15) is 22.8 Å². The second-order valence-corrected chi connectivity index (χ2v) is 8.81. The fourth-order valence-electron chi connectivity index (χ4n) is 3.54. The zero-order valence-corrected chi connectivity index (χ0v) is 16.9. The van der Waals surface area contributed by atoms with Crippen molar-refractivity contribution in [1.82, 2.24) is 9.62 Å². The predicted octanol–water partition coefficient (Wildman–Crippen LogP) is 0.512. The maximum absolute atomic E-state index is 13.1. The molecule has 1 N–H and O–H groups in total. The van der Waals surface area contributed by atoms with E-state index in [1.54, 1.807) is 42.5 Å². The second kappa shape index (κ2) is 7.45. The predicted molar refractivity (Wildman–Crippen MR) is 107 cm³/mol. The van der Waals surface area contributed by atoms with Crippen LogP contribution in [0.4, 0.5) is 5.69 Å². The van der Waals surface area contributed by atoms with Gasteiger partial charge in [0.25, 0.3) is 11.8 Å². The lowest BCUT2D eigenvalue weighted by Gasteiger charge is -2.35. The van der Waals surface area contributed by atoms with Gasteiger partial charge < -0.3 is 15.0 Å². The van der Waals surface area contributed by atoms with Gasteiger partial charge in [0, 0.05) is 12.6 Å². The number of para-hydroxylation sites is 2. The summed E-state index contributed by atoms with van der Waals surface area (Å²) in [5.74, 6) is -1.82. The summed E-state index contributed by atoms with van der Waals surface area (Å²) in [7, 11) is -2.55. The zero-order valence-electron chi connectivity index (χ0n) is 16.1. The molecule has 0 saturated heterocycles. The van der Waals surface area contributed by atoms with Crippen LogP contribution in [-0.4, -0.2) is 56.7 Å². The molecule has 0 radical (unpaired) electrons. The van der Waals surface area contributed by atoms with Crippen molar-refractivity contribution in [1.29, 1.82) is 0 Å². The average molecular weight is 429 g/mol. The number of carbonyl (C=O) groups is 3. The molecule has 30 heavy (non-hydrogen) atoms. The van der Waals surface area contributed by atoms with Gasteiger partial charge in [-0.2, -0.15) is 0 Å². The van der Waals surface area contributed by atoms with E-state index < -0.39 is 40.4 Å². The van der Waals surface area contributed by atoms with Gasteiger partial charge in [-0.05, 0) is 23.8 Å². The Balaban J connectivity index is 1.65. The van der Waals surface area contributed by atoms with E-state index in [2.05, 4.69) is 5.32 Å². The lowest BCUT2D eigenvalue weighted by atomic mass is 10.1. The maximum Gasteiger partial charge on any atom is 0.268 e. The Morgan fingerprint density at radius 3 is 2.60 bits per heavy atom. The molecule has 0 aromatic heterocycles. The monoisotopic (exact) mass is 429 g/mol. The van der Waals surface area contributed by atoms with Crippen molar-refractivity contribution >= 4 is 33.4 Å². The highest BCUT2D eigenvalue weighted by molar-refractivity contribution is 7.89. The standard InChI is InChI=1S/C20H19N3O6S/c1-21-19(25)17-10-22(15-8-4-5-9-16(15)29-17)18(24)11-23-20(26)14-7-3-2-6-13(14)12-30(23,27)28/h2-9,17H,10-12H2,1H3,(H,21,25). The van der Waals surface area contributed by atoms with Crippen LogP contribution in [0, 0.1) is 0 Å². The van der Waals surface area contributed by atoms with Crippen LogP contribution in [0.1, 0.15) is 15.9 Å². The van der Waals surface area contributed by atoms with Gasteiger partial charge in [-0.3, -0.25) is 14.4 Å². The van der Waals surface area contributed by atoms with E-state index in [1.807, 2.05) is 0 Å². The smallest absolute Gasteiger partial charge is 0.268 e. The molecule has 2 aliphatic heterocycles. The number of rotatable bonds is 3. The number of nitrogens with one attached hydrogen (secondary N) is 1. The largest absolute Gasteiger partial charge is 0.477 e. The van der Waals surface area contributed by atoms with Gasteiger partial charge in [0.1, 0.15) is 12.3 Å². The summed E-state index contributed by atoms with van der Waals surface area (Å²) in [4.78, 5) is 39.3. The summed E-state index contributed by atoms with van der Waals surface area (Å²) < 4.78 is 31.6. The molecular formula is C20H19N3O6S. The maximum atomic E-state index is 13.1. The van der Waals surface area contributed by atoms with Crippen LogP contribution in [0.15, 0.2) is 48.5 Å². The lowest BCUT2D eigenvalue weighted by molar-refractivity contribution is -0.128. The first-order chi connectivity index (χ1) is 14.3. The number of sulfonamides is 1. The van der Waals surface area contributed by atoms with Crippen molar-refractivity contribution in [3.8, 4) is 5.75 Å². The van der Waals surface area contributed by atoms with Gasteiger partial charge in [0.05, 0.1) is 18.0 Å². The Morgan fingerprint density at radius 2 is 1.83 bits per heavy atom. The molecular weight excluding hydrogens is 410 g/mol. The Hall–Kier alpha value is -3.40. The third-order valence-electron chi connectivity index (χ3n) is 5.04. The second-order valence-electron chi connectivity index (χ2n) is 6.92. The third-order valence-corrected chi connectivity index (χ3v) is 6.68. The molecule has 0 spiro atoms. The van der Waals surface area contributed by atoms with E-state index >= 15 is 0 Å². The van der Waals surface area contributed by atoms with Gasteiger partial charge in [-0.25, -0.2) is 12.7 Å². The van der Waals surface area contributed by atoms with Crippen molar-refractivity contribution in [2.24, 2.45) is 0 Å². The quantitative estimate of drug-likeness (QED) is 0.761. The molecule has 2 aromatic carbocycles. The number of ether oxygens (including phenoxy) is 1. The van der Waals surface area contributed by atoms with Crippen LogP contribution >= 0.6 is 0 Å². The molecule has 2 aliphatic rings. The number of fused-ring (bicyclic) bond motifs is 2. The molecule has 0 aliphatic carbocycles. The van der Waals surface area contributed by atoms with Gasteiger partial charge in [-0.15, -0.1) is 0 Å². The minimum Gasteiger partial charge on any atom is -0.477 e. The van der Waals surface area contributed by atoms with Crippen molar-refractivity contribution < 1.29 is 27.5 Å². The van der Waals surface area contributed by atoms with E-state index in [1.165, 1.54) is 18.0 Å². The van der Waals surface area contributed by atoms with Crippen LogP contribution in [0.3, 0.4) is 0 Å². The summed E-state index contributed by atoms with van der Waals surface area (Å²) in [6.45, 7) is -0.765. The fraction of sp³-hybridized carbons (Fsp3) is 0.250. The number of amides is 3. The first-order valence-electron chi connectivity index (χ1n) is 9.22. The molecule has 10 heteroatoms. The number of hydrogen-bond donors (Lipinski definition) is 1. The topological polar surface area (TPSA) is 113 Å². The van der Waals surface area contributed by atoms with Crippen LogP contribution in [-0.2, 0) is 25.4 Å². The third kappa shape index (κ3) is 3.39. The molecule has 1 unspecified atom stereocenters. The summed E-state index contributed by atoms with van der Waals surface area (Å²) in [5.41, 5.74) is 1.07. The first-order valence-corrected chi connectivity index (χ1v) is 10.8. The van der Waals surface area contributed by atoms with Crippen LogP contribution in [0.2, 0.25) is 0 Å². The summed E-state index contributed by atoms with van der Waals surface area (Å²) in [6, 6.07) is 13.1. The first kappa shape index (κ1) is 19.9. The SMILES string of the molecule is CNC(=O)C1CN(C(=O)CN2C(=O)c3ccccc3CS2(=O)=O)c2ccccc2O1. The molecule has 9 nitrogen and oxygen atoms in total. The Morgan fingerprint density at radius 1 is 1.13 bits per heavy atom. The minimum absolute atomic E-state index is 0.103. The summed E-state index contributed by atoms with van der Waals surface area (Å²) in [5, 5.41) is 2.48. The van der Waals surface area contributed by atoms with E-state index in [0.29, 0.717) is 21.3 Å². The Labute approximate surface area is 173 Å². The molecule has 3 amide bonds. The Bertz CT molecular complexity index is 1150. The van der Waals surface area contributed by atoms with Crippen molar-refractivity contribution in [3.05, 3.63) is 59.7 Å². The molecule has 0 bridgehead atoms. The number of benzene rings is 2. The highest BCUT2D eigenvalue weighted by Gasteiger charge is 2.40. The fourth-order valence-corrected chi connectivity index (χ4v) is 5.00. The van der Waals surface area contributed by atoms with Crippen molar-refractivity contribution in [2.75, 3.05) is 25.0 Å². The zero-order chi connectivity index (χ0) is 21.5. The summed E-state index contributed by atoms with van der Waals surface area (Å²) >= 11 is 0. The van der Waals surface area contributed by atoms with Crippen molar-refractivity contribution in [2.45, 2.75) is 11.9 Å². The molecule has 2 aromatic rings. The minimum atomic E-state index is -4.01. The highest BCUT2D eigenvalue weighted by Crippen LogP contribution is 2.34. The van der Waals surface area contributed by atoms with Gasteiger partial charge >= 0.3 is 0 Å². The average Bonchev–Trinajstić information content (AvgIpc) is 2.74. The number of likely N-dealkylation sites (N-methyl/N-ethyl adjacent to an activating group) is 1. The van der Waals surface area contributed by atoms with Crippen molar-refractivity contribution in [3.63, 3.8) is 0 Å². The summed E-state index contributed by atoms with van der Waals surface area (Å²) in [6.07, 6.45) is -0.955. The van der Waals surface area contributed by atoms with Crippen LogP contribution in [0.5, 0.6) is 5.75 Å². The van der Waals surface area contributed by atoms with Gasteiger partial charge in [0.2, 0.25) is 15.9 Å². The van der Waals surface area contributed by atoms with E-state index in [-0.39, 0.29) is 17.9 Å². The highest BCUT2D eigenvalue weighted by atomic mass is 32.2. The lowest BCUT2D eigenvalue weighted by Crippen LogP contribution is -2.54. The molecule has 156 valence electrons. The molecule has 4 rings (SSSR count). The van der Waals surface area contributed by atoms with E-state index in [0.717, 1.165) is 0 Å². The number of carbonyl (C=O) groups excluding carboxylic acids is 3. The number of anilines is 1. The number of hydrogen-bond acceptors (Lipinski definition) is 6. The molecule has 0 saturated carbocycles. The van der Waals surface area contributed by atoms with Gasteiger partial charge in [-0.1, -0.05) is 30.3 Å². The molecule has 0 fully saturated rings. The van der Waals surface area contributed by atoms with Crippen LogP contribution < -0.4 is 15.0 Å².